The van der Waals surface area contributed by atoms with Crippen LogP contribution in [0.1, 0.15) is 10.4 Å². The van der Waals surface area contributed by atoms with Crippen molar-refractivity contribution in [2.75, 3.05) is 4.72 Å². The molecule has 0 aliphatic carbocycles. The van der Waals surface area contributed by atoms with Crippen LogP contribution in [0.3, 0.4) is 0 Å². The van der Waals surface area contributed by atoms with Crippen LogP contribution in [-0.4, -0.2) is 25.9 Å². The minimum atomic E-state index is -5.10. The molecule has 0 radical (unpaired) electrons. The second-order valence-electron chi connectivity index (χ2n) is 5.61. The van der Waals surface area contributed by atoms with Crippen molar-refractivity contribution < 1.29 is 36.2 Å². The van der Waals surface area contributed by atoms with Gasteiger partial charge in [-0.3, -0.25) is 4.72 Å². The van der Waals surface area contributed by atoms with Crippen molar-refractivity contribution in [2.45, 2.75) is 11.3 Å². The smallest absolute Gasteiger partial charge is 0.478 e. The van der Waals surface area contributed by atoms with E-state index in [0.717, 1.165) is 12.1 Å². The standard InChI is InChI=1S/C18H12F3NO5S/c19-18(20,21)27-14-7-3-4-8-15(14)28(25,26)22-13-10-9-11-5-1-2-6-12(11)16(13)17(23)24/h1-10,22H,(H,23,24). The highest BCUT2D eigenvalue weighted by molar-refractivity contribution is 7.92. The number of sulfonamides is 1. The number of aromatic carboxylic acids is 1. The van der Waals surface area contributed by atoms with Crippen molar-refractivity contribution in [3.05, 3.63) is 66.2 Å². The molecule has 3 aromatic carbocycles. The minimum Gasteiger partial charge on any atom is -0.478 e. The summed E-state index contributed by atoms with van der Waals surface area (Å²) in [6.45, 7) is 0. The molecule has 0 fully saturated rings. The Balaban J connectivity index is 2.10. The topological polar surface area (TPSA) is 92.7 Å². The number of carboxylic acid groups (broad SMARTS) is 1. The average Bonchev–Trinajstić information content (AvgIpc) is 2.59. The number of benzene rings is 3. The Morgan fingerprint density at radius 1 is 0.964 bits per heavy atom. The summed E-state index contributed by atoms with van der Waals surface area (Å²) in [6.07, 6.45) is -5.10. The predicted molar refractivity (Wildman–Crippen MR) is 94.8 cm³/mol. The normalized spacial score (nSPS) is 12.0. The van der Waals surface area contributed by atoms with Crippen LogP contribution in [0.4, 0.5) is 18.9 Å². The molecule has 3 rings (SSSR count). The number of hydrogen-bond acceptors (Lipinski definition) is 4. The summed E-state index contributed by atoms with van der Waals surface area (Å²) in [5.74, 6) is -2.32. The van der Waals surface area contributed by atoms with Gasteiger partial charge in [0.25, 0.3) is 10.0 Å². The van der Waals surface area contributed by atoms with E-state index >= 15 is 0 Å². The molecular formula is C18H12F3NO5S. The Labute approximate surface area is 157 Å². The van der Waals surface area contributed by atoms with Crippen molar-refractivity contribution in [2.24, 2.45) is 0 Å². The zero-order valence-corrected chi connectivity index (χ0v) is 14.7. The van der Waals surface area contributed by atoms with Gasteiger partial charge < -0.3 is 9.84 Å². The zero-order valence-electron chi connectivity index (χ0n) is 13.9. The van der Waals surface area contributed by atoms with Crippen LogP contribution in [0.25, 0.3) is 10.8 Å². The number of fused-ring (bicyclic) bond motifs is 1. The highest BCUT2D eigenvalue weighted by Crippen LogP contribution is 2.32. The molecule has 28 heavy (non-hydrogen) atoms. The summed E-state index contributed by atoms with van der Waals surface area (Å²) in [7, 11) is -4.58. The molecule has 3 aromatic rings. The molecule has 0 heterocycles. The molecule has 0 saturated carbocycles. The van der Waals surface area contributed by atoms with Crippen LogP contribution in [0, 0.1) is 0 Å². The highest BCUT2D eigenvalue weighted by Gasteiger charge is 2.34. The molecule has 0 spiro atoms. The molecule has 0 bridgehead atoms. The third kappa shape index (κ3) is 4.01. The Bertz CT molecular complexity index is 1160. The van der Waals surface area contributed by atoms with E-state index in [4.69, 9.17) is 0 Å². The number of ether oxygens (including phenoxy) is 1. The lowest BCUT2D eigenvalue weighted by Gasteiger charge is -2.16. The van der Waals surface area contributed by atoms with Crippen LogP contribution in [-0.2, 0) is 10.0 Å². The molecule has 0 atom stereocenters. The van der Waals surface area contributed by atoms with Gasteiger partial charge in [0.1, 0.15) is 10.6 Å². The maximum absolute atomic E-state index is 12.7. The first-order valence-electron chi connectivity index (χ1n) is 7.71. The zero-order chi connectivity index (χ0) is 20.5. The van der Waals surface area contributed by atoms with E-state index in [1.165, 1.54) is 30.3 Å². The number of alkyl halides is 3. The van der Waals surface area contributed by atoms with Crippen LogP contribution in [0.15, 0.2) is 65.6 Å². The first kappa shape index (κ1) is 19.5. The van der Waals surface area contributed by atoms with Gasteiger partial charge >= 0.3 is 12.3 Å². The summed E-state index contributed by atoms with van der Waals surface area (Å²) in [6, 6.07) is 13.3. The summed E-state index contributed by atoms with van der Waals surface area (Å²) in [4.78, 5) is 10.9. The third-order valence-electron chi connectivity index (χ3n) is 3.75. The number of carboxylic acids is 1. The van der Waals surface area contributed by atoms with E-state index in [2.05, 4.69) is 4.74 Å². The lowest BCUT2D eigenvalue weighted by Crippen LogP contribution is -2.21. The fourth-order valence-corrected chi connectivity index (χ4v) is 3.87. The molecule has 146 valence electrons. The van der Waals surface area contributed by atoms with Crippen LogP contribution >= 0.6 is 0 Å². The van der Waals surface area contributed by atoms with Crippen LogP contribution < -0.4 is 9.46 Å². The van der Waals surface area contributed by atoms with Gasteiger partial charge in [-0.05, 0) is 29.0 Å². The van der Waals surface area contributed by atoms with Crippen molar-refractivity contribution in [3.63, 3.8) is 0 Å². The minimum absolute atomic E-state index is 0.273. The second kappa shape index (κ2) is 7.04. The Morgan fingerprint density at radius 3 is 2.29 bits per heavy atom. The van der Waals surface area contributed by atoms with Gasteiger partial charge in [0.15, 0.2) is 0 Å². The summed E-state index contributed by atoms with van der Waals surface area (Å²) in [5, 5.41) is 10.4. The SMILES string of the molecule is O=C(O)c1c(NS(=O)(=O)c2ccccc2OC(F)(F)F)ccc2ccccc12. The number of anilines is 1. The number of rotatable bonds is 5. The molecular weight excluding hydrogens is 399 g/mol. The Morgan fingerprint density at radius 2 is 1.61 bits per heavy atom. The van der Waals surface area contributed by atoms with Crippen LogP contribution in [0.5, 0.6) is 5.75 Å². The lowest BCUT2D eigenvalue weighted by atomic mass is 10.0. The van der Waals surface area contributed by atoms with Crippen molar-refractivity contribution in [1.29, 1.82) is 0 Å². The van der Waals surface area contributed by atoms with Gasteiger partial charge in [-0.15, -0.1) is 13.2 Å². The van der Waals surface area contributed by atoms with E-state index in [1.807, 2.05) is 4.72 Å². The largest absolute Gasteiger partial charge is 0.573 e. The predicted octanol–water partition coefficient (Wildman–Crippen LogP) is 4.24. The van der Waals surface area contributed by atoms with Crippen molar-refractivity contribution in [3.8, 4) is 5.75 Å². The van der Waals surface area contributed by atoms with Gasteiger partial charge in [-0.1, -0.05) is 42.5 Å². The number of para-hydroxylation sites is 1. The maximum Gasteiger partial charge on any atom is 0.573 e. The fraction of sp³-hybridized carbons (Fsp3) is 0.0556. The summed E-state index contributed by atoms with van der Waals surface area (Å²) >= 11 is 0. The van der Waals surface area contributed by atoms with Crippen molar-refractivity contribution >= 4 is 32.5 Å². The Kier molecular flexibility index (Phi) is 4.90. The molecule has 0 aromatic heterocycles. The van der Waals surface area contributed by atoms with Gasteiger partial charge in [0, 0.05) is 0 Å². The molecule has 2 N–H and O–H groups in total. The van der Waals surface area contributed by atoms with E-state index < -0.39 is 33.0 Å². The van der Waals surface area contributed by atoms with Gasteiger partial charge in [0.2, 0.25) is 0 Å². The number of halogens is 3. The third-order valence-corrected chi connectivity index (χ3v) is 5.16. The van der Waals surface area contributed by atoms with E-state index in [0.29, 0.717) is 5.39 Å². The summed E-state index contributed by atoms with van der Waals surface area (Å²) in [5.41, 5.74) is -0.607. The lowest BCUT2D eigenvalue weighted by molar-refractivity contribution is -0.275. The molecule has 6 nitrogen and oxygen atoms in total. The average molecular weight is 411 g/mol. The molecule has 0 saturated heterocycles. The molecule has 0 unspecified atom stereocenters. The second-order valence-corrected chi connectivity index (χ2v) is 7.27. The Hall–Kier alpha value is -3.27. The van der Waals surface area contributed by atoms with E-state index in [1.54, 1.807) is 18.2 Å². The fourth-order valence-electron chi connectivity index (χ4n) is 2.67. The molecule has 10 heteroatoms. The molecule has 0 aliphatic rings. The van der Waals surface area contributed by atoms with Crippen molar-refractivity contribution in [1.82, 2.24) is 0 Å². The van der Waals surface area contributed by atoms with Gasteiger partial charge in [-0.2, -0.15) is 0 Å². The monoisotopic (exact) mass is 411 g/mol. The van der Waals surface area contributed by atoms with E-state index in [9.17, 15) is 31.5 Å². The quantitative estimate of drug-likeness (QED) is 0.655. The van der Waals surface area contributed by atoms with E-state index in [-0.39, 0.29) is 16.6 Å². The van der Waals surface area contributed by atoms with Gasteiger partial charge in [-0.25, -0.2) is 13.2 Å². The molecule has 0 aliphatic heterocycles. The number of hydrogen-bond donors (Lipinski definition) is 2. The first-order valence-corrected chi connectivity index (χ1v) is 9.19. The highest BCUT2D eigenvalue weighted by atomic mass is 32.2. The molecule has 0 amide bonds. The van der Waals surface area contributed by atoms with Crippen LogP contribution in [0.2, 0.25) is 0 Å². The first-order chi connectivity index (χ1) is 13.1. The maximum atomic E-state index is 12.7. The van der Waals surface area contributed by atoms with Gasteiger partial charge in [0.05, 0.1) is 11.3 Å². The number of nitrogens with one attached hydrogen (secondary N) is 1. The number of carbonyl (C=O) groups is 1. The summed E-state index contributed by atoms with van der Waals surface area (Å²) < 4.78 is 68.8.